The number of aliphatic hydroxyl groups is 1. The van der Waals surface area contributed by atoms with E-state index in [0.717, 1.165) is 30.4 Å². The fourth-order valence-corrected chi connectivity index (χ4v) is 2.75. The van der Waals surface area contributed by atoms with Crippen LogP contribution < -0.4 is 0 Å². The number of ether oxygens (including phenoxy) is 1. The lowest BCUT2D eigenvalue weighted by atomic mass is 9.84. The zero-order chi connectivity index (χ0) is 13.3. The molecule has 0 amide bonds. The van der Waals surface area contributed by atoms with Gasteiger partial charge in [0.05, 0.1) is 5.60 Å². The first-order chi connectivity index (χ1) is 8.44. The molecule has 1 saturated heterocycles. The largest absolute Gasteiger partial charge is 0.385 e. The van der Waals surface area contributed by atoms with E-state index in [1.807, 2.05) is 26.8 Å². The Bertz CT molecular complexity index is 413. The zero-order valence-corrected chi connectivity index (χ0v) is 11.3. The lowest BCUT2D eigenvalue weighted by Gasteiger charge is -2.38. The summed E-state index contributed by atoms with van der Waals surface area (Å²) in [7, 11) is 0. The molecule has 0 aromatic heterocycles. The summed E-state index contributed by atoms with van der Waals surface area (Å²) in [5, 5.41) is 10.5. The van der Waals surface area contributed by atoms with Crippen LogP contribution in [-0.2, 0) is 4.74 Å². The van der Waals surface area contributed by atoms with Gasteiger partial charge in [-0.25, -0.2) is 4.39 Å². The minimum Gasteiger partial charge on any atom is -0.385 e. The predicted octanol–water partition coefficient (Wildman–Crippen LogP) is 3.44. The average molecular weight is 252 g/mol. The molecule has 1 heterocycles. The van der Waals surface area contributed by atoms with Crippen molar-refractivity contribution in [1.82, 2.24) is 0 Å². The zero-order valence-electron chi connectivity index (χ0n) is 11.3. The first kappa shape index (κ1) is 13.5. The standard InChI is InChI=1S/C15H21FO2/c1-10-8-11(2)13(12(16)9-10)14(17)15(3)6-4-5-7-18-15/h8-9,14,17H,4-7H2,1-3H3. The molecule has 2 atom stereocenters. The molecule has 0 radical (unpaired) electrons. The first-order valence-corrected chi connectivity index (χ1v) is 6.53. The highest BCUT2D eigenvalue weighted by Crippen LogP contribution is 2.38. The molecule has 2 rings (SSSR count). The van der Waals surface area contributed by atoms with Gasteiger partial charge < -0.3 is 9.84 Å². The van der Waals surface area contributed by atoms with Gasteiger partial charge in [0.2, 0.25) is 0 Å². The molecular formula is C15H21FO2. The summed E-state index contributed by atoms with van der Waals surface area (Å²) in [6.45, 7) is 6.20. The van der Waals surface area contributed by atoms with Crippen molar-refractivity contribution in [3.05, 3.63) is 34.6 Å². The van der Waals surface area contributed by atoms with Gasteiger partial charge in [-0.1, -0.05) is 6.07 Å². The molecule has 2 unspecified atom stereocenters. The smallest absolute Gasteiger partial charge is 0.129 e. The Morgan fingerprint density at radius 1 is 1.33 bits per heavy atom. The van der Waals surface area contributed by atoms with Crippen molar-refractivity contribution in [3.8, 4) is 0 Å². The summed E-state index contributed by atoms with van der Waals surface area (Å²) in [5.74, 6) is -0.338. The van der Waals surface area contributed by atoms with Crippen molar-refractivity contribution in [2.24, 2.45) is 0 Å². The van der Waals surface area contributed by atoms with Crippen LogP contribution in [0.25, 0.3) is 0 Å². The summed E-state index contributed by atoms with van der Waals surface area (Å²) in [6.07, 6.45) is 1.89. The van der Waals surface area contributed by atoms with E-state index in [1.165, 1.54) is 6.07 Å². The number of aliphatic hydroxyl groups excluding tert-OH is 1. The molecule has 1 aromatic carbocycles. The molecule has 1 aliphatic rings. The fraction of sp³-hybridized carbons (Fsp3) is 0.600. The van der Waals surface area contributed by atoms with Crippen molar-refractivity contribution in [3.63, 3.8) is 0 Å². The third-order valence-corrected chi connectivity index (χ3v) is 3.83. The third-order valence-electron chi connectivity index (χ3n) is 3.83. The molecular weight excluding hydrogens is 231 g/mol. The molecule has 100 valence electrons. The predicted molar refractivity (Wildman–Crippen MR) is 69.0 cm³/mol. The number of halogens is 1. The Morgan fingerprint density at radius 3 is 2.61 bits per heavy atom. The number of rotatable bonds is 2. The van der Waals surface area contributed by atoms with Crippen LogP contribution in [0.1, 0.15) is 49.0 Å². The van der Waals surface area contributed by atoms with Crippen LogP contribution in [0.2, 0.25) is 0 Å². The van der Waals surface area contributed by atoms with Crippen LogP contribution in [0.3, 0.4) is 0 Å². The second kappa shape index (κ2) is 4.98. The van der Waals surface area contributed by atoms with Gasteiger partial charge in [-0.2, -0.15) is 0 Å². The molecule has 1 aliphatic heterocycles. The van der Waals surface area contributed by atoms with Gasteiger partial charge in [0.1, 0.15) is 11.9 Å². The van der Waals surface area contributed by atoms with Crippen molar-refractivity contribution in [2.45, 2.75) is 51.7 Å². The summed E-state index contributed by atoms with van der Waals surface area (Å²) in [5.41, 5.74) is 1.37. The molecule has 3 heteroatoms. The highest BCUT2D eigenvalue weighted by atomic mass is 19.1. The molecule has 1 N–H and O–H groups in total. The van der Waals surface area contributed by atoms with Gasteiger partial charge >= 0.3 is 0 Å². The fourth-order valence-electron chi connectivity index (χ4n) is 2.75. The molecule has 0 aliphatic carbocycles. The Balaban J connectivity index is 2.36. The molecule has 0 bridgehead atoms. The molecule has 0 spiro atoms. The van der Waals surface area contributed by atoms with Crippen LogP contribution in [0, 0.1) is 19.7 Å². The second-order valence-corrected chi connectivity index (χ2v) is 5.50. The number of aryl methyl sites for hydroxylation is 2. The van der Waals surface area contributed by atoms with Gasteiger partial charge in [0.15, 0.2) is 0 Å². The topological polar surface area (TPSA) is 29.5 Å². The SMILES string of the molecule is Cc1cc(C)c(C(O)C2(C)CCCCO2)c(F)c1. The van der Waals surface area contributed by atoms with Crippen molar-refractivity contribution >= 4 is 0 Å². The Kier molecular flexibility index (Phi) is 3.74. The quantitative estimate of drug-likeness (QED) is 0.873. The van der Waals surface area contributed by atoms with Gasteiger partial charge in [-0.05, 0) is 57.2 Å². The Hall–Kier alpha value is -0.930. The third kappa shape index (κ3) is 2.43. The van der Waals surface area contributed by atoms with E-state index in [-0.39, 0.29) is 5.82 Å². The van der Waals surface area contributed by atoms with Gasteiger partial charge in [0.25, 0.3) is 0 Å². The van der Waals surface area contributed by atoms with Crippen molar-refractivity contribution < 1.29 is 14.2 Å². The summed E-state index contributed by atoms with van der Waals surface area (Å²) < 4.78 is 19.8. The molecule has 0 saturated carbocycles. The maximum absolute atomic E-state index is 14.1. The average Bonchev–Trinajstić information content (AvgIpc) is 2.28. The van der Waals surface area contributed by atoms with Crippen molar-refractivity contribution in [1.29, 1.82) is 0 Å². The number of hydrogen-bond donors (Lipinski definition) is 1. The van der Waals surface area contributed by atoms with Crippen LogP contribution in [0.15, 0.2) is 12.1 Å². The maximum Gasteiger partial charge on any atom is 0.129 e. The number of hydrogen-bond acceptors (Lipinski definition) is 2. The molecule has 1 fully saturated rings. The molecule has 2 nitrogen and oxygen atoms in total. The van der Waals surface area contributed by atoms with E-state index >= 15 is 0 Å². The second-order valence-electron chi connectivity index (χ2n) is 5.50. The van der Waals surface area contributed by atoms with Crippen LogP contribution in [-0.4, -0.2) is 17.3 Å². The minimum absolute atomic E-state index is 0.338. The van der Waals surface area contributed by atoms with E-state index in [1.54, 1.807) is 0 Å². The normalized spacial score (nSPS) is 26.1. The molecule has 1 aromatic rings. The van der Waals surface area contributed by atoms with Crippen LogP contribution >= 0.6 is 0 Å². The molecule has 18 heavy (non-hydrogen) atoms. The van der Waals surface area contributed by atoms with E-state index in [4.69, 9.17) is 4.74 Å². The summed E-state index contributed by atoms with van der Waals surface area (Å²) in [4.78, 5) is 0. The highest BCUT2D eigenvalue weighted by molar-refractivity contribution is 5.35. The van der Waals surface area contributed by atoms with Gasteiger partial charge in [0, 0.05) is 12.2 Å². The Labute approximate surface area is 108 Å². The first-order valence-electron chi connectivity index (χ1n) is 6.53. The van der Waals surface area contributed by atoms with E-state index in [2.05, 4.69) is 0 Å². The van der Waals surface area contributed by atoms with Gasteiger partial charge in [-0.15, -0.1) is 0 Å². The lowest BCUT2D eigenvalue weighted by Crippen LogP contribution is -2.40. The lowest BCUT2D eigenvalue weighted by molar-refractivity contribution is -0.139. The Morgan fingerprint density at radius 2 is 2.06 bits per heavy atom. The number of benzene rings is 1. The van der Waals surface area contributed by atoms with Crippen LogP contribution in [0.4, 0.5) is 4.39 Å². The van der Waals surface area contributed by atoms with E-state index in [9.17, 15) is 9.50 Å². The minimum atomic E-state index is -0.904. The van der Waals surface area contributed by atoms with Gasteiger partial charge in [-0.3, -0.25) is 0 Å². The van der Waals surface area contributed by atoms with E-state index in [0.29, 0.717) is 12.2 Å². The summed E-state index contributed by atoms with van der Waals surface area (Å²) >= 11 is 0. The van der Waals surface area contributed by atoms with E-state index < -0.39 is 11.7 Å². The highest BCUT2D eigenvalue weighted by Gasteiger charge is 2.38. The maximum atomic E-state index is 14.1. The van der Waals surface area contributed by atoms with Crippen molar-refractivity contribution in [2.75, 3.05) is 6.61 Å². The van der Waals surface area contributed by atoms with Crippen LogP contribution in [0.5, 0.6) is 0 Å². The monoisotopic (exact) mass is 252 g/mol. The summed E-state index contributed by atoms with van der Waals surface area (Å²) in [6, 6.07) is 3.37.